The number of rotatable bonds is 2. The lowest BCUT2D eigenvalue weighted by Gasteiger charge is -2.34. The minimum absolute atomic E-state index is 0.0503. The van der Waals surface area contributed by atoms with E-state index in [9.17, 15) is 9.59 Å². The third-order valence-corrected chi connectivity index (χ3v) is 3.45. The van der Waals surface area contributed by atoms with Crippen molar-refractivity contribution in [3.8, 4) is 0 Å². The normalized spacial score (nSPS) is 15.5. The van der Waals surface area contributed by atoms with E-state index in [-0.39, 0.29) is 11.8 Å². The zero-order valence-electron chi connectivity index (χ0n) is 10.8. The van der Waals surface area contributed by atoms with Crippen molar-refractivity contribution in [2.75, 3.05) is 26.2 Å². The summed E-state index contributed by atoms with van der Waals surface area (Å²) in [7, 11) is 0. The molecule has 1 aromatic heterocycles. The molecule has 0 atom stereocenters. The maximum atomic E-state index is 12.3. The minimum atomic E-state index is -0.102. The predicted molar refractivity (Wildman–Crippen MR) is 72.0 cm³/mol. The SMILES string of the molecule is CC(=O)N1CCN(C(=O)c2cccc(CCl)n2)CC1. The summed E-state index contributed by atoms with van der Waals surface area (Å²) in [5.74, 6) is 0.240. The quantitative estimate of drug-likeness (QED) is 0.764. The average molecular weight is 282 g/mol. The average Bonchev–Trinajstić information content (AvgIpc) is 2.46. The summed E-state index contributed by atoms with van der Waals surface area (Å²) < 4.78 is 0. The summed E-state index contributed by atoms with van der Waals surface area (Å²) in [5, 5.41) is 0. The molecule has 1 aliphatic heterocycles. The highest BCUT2D eigenvalue weighted by atomic mass is 35.5. The third-order valence-electron chi connectivity index (χ3n) is 3.18. The van der Waals surface area contributed by atoms with Gasteiger partial charge in [0.25, 0.3) is 5.91 Å². The standard InChI is InChI=1S/C13H16ClN3O2/c1-10(18)16-5-7-17(8-6-16)13(19)12-4-2-3-11(9-14)15-12/h2-4H,5-9H2,1H3. The Kier molecular flexibility index (Phi) is 4.37. The molecule has 1 aromatic rings. The highest BCUT2D eigenvalue weighted by Gasteiger charge is 2.23. The van der Waals surface area contributed by atoms with Gasteiger partial charge in [0.15, 0.2) is 0 Å². The van der Waals surface area contributed by atoms with E-state index < -0.39 is 0 Å². The summed E-state index contributed by atoms with van der Waals surface area (Å²) in [6, 6.07) is 5.26. The first-order valence-electron chi connectivity index (χ1n) is 6.18. The zero-order valence-corrected chi connectivity index (χ0v) is 11.6. The molecule has 6 heteroatoms. The van der Waals surface area contributed by atoms with Crippen molar-refractivity contribution < 1.29 is 9.59 Å². The molecule has 5 nitrogen and oxygen atoms in total. The molecule has 0 unspecified atom stereocenters. The number of nitrogens with zero attached hydrogens (tertiary/aromatic N) is 3. The van der Waals surface area contributed by atoms with Gasteiger partial charge in [-0.15, -0.1) is 11.6 Å². The van der Waals surface area contributed by atoms with E-state index in [1.54, 1.807) is 34.9 Å². The fourth-order valence-corrected chi connectivity index (χ4v) is 2.21. The monoisotopic (exact) mass is 281 g/mol. The second kappa shape index (κ2) is 6.02. The van der Waals surface area contributed by atoms with Gasteiger partial charge in [0.2, 0.25) is 5.91 Å². The van der Waals surface area contributed by atoms with Gasteiger partial charge in [-0.3, -0.25) is 9.59 Å². The van der Waals surface area contributed by atoms with E-state index in [2.05, 4.69) is 4.98 Å². The van der Waals surface area contributed by atoms with E-state index >= 15 is 0 Å². The maximum Gasteiger partial charge on any atom is 0.272 e. The summed E-state index contributed by atoms with van der Waals surface area (Å²) in [6.07, 6.45) is 0. The van der Waals surface area contributed by atoms with E-state index in [0.29, 0.717) is 43.4 Å². The van der Waals surface area contributed by atoms with Gasteiger partial charge in [-0.25, -0.2) is 4.98 Å². The number of hydrogen-bond donors (Lipinski definition) is 0. The number of pyridine rings is 1. The van der Waals surface area contributed by atoms with Crippen molar-refractivity contribution in [2.24, 2.45) is 0 Å². The van der Waals surface area contributed by atoms with Crippen LogP contribution in [0.5, 0.6) is 0 Å². The smallest absolute Gasteiger partial charge is 0.272 e. The van der Waals surface area contributed by atoms with Gasteiger partial charge >= 0.3 is 0 Å². The fraction of sp³-hybridized carbons (Fsp3) is 0.462. The molecule has 0 aliphatic carbocycles. The number of carbonyl (C=O) groups excluding carboxylic acids is 2. The second-order valence-corrected chi connectivity index (χ2v) is 4.71. The van der Waals surface area contributed by atoms with Crippen LogP contribution in [0.4, 0.5) is 0 Å². The van der Waals surface area contributed by atoms with Gasteiger partial charge in [0.05, 0.1) is 11.6 Å². The highest BCUT2D eigenvalue weighted by molar-refractivity contribution is 6.16. The van der Waals surface area contributed by atoms with Crippen LogP contribution in [-0.2, 0) is 10.7 Å². The zero-order chi connectivity index (χ0) is 13.8. The molecule has 0 aromatic carbocycles. The number of hydrogen-bond acceptors (Lipinski definition) is 3. The number of halogens is 1. The van der Waals surface area contributed by atoms with Crippen LogP contribution in [0.2, 0.25) is 0 Å². The van der Waals surface area contributed by atoms with Crippen LogP contribution in [0.1, 0.15) is 23.1 Å². The second-order valence-electron chi connectivity index (χ2n) is 4.45. The summed E-state index contributed by atoms with van der Waals surface area (Å²) >= 11 is 5.71. The van der Waals surface area contributed by atoms with Crippen LogP contribution in [0.3, 0.4) is 0 Å². The molecule has 2 amide bonds. The first kappa shape index (κ1) is 13.8. The van der Waals surface area contributed by atoms with Gasteiger partial charge in [0.1, 0.15) is 5.69 Å². The first-order valence-corrected chi connectivity index (χ1v) is 6.72. The van der Waals surface area contributed by atoms with Crippen LogP contribution in [0.25, 0.3) is 0 Å². The molecule has 0 spiro atoms. The van der Waals surface area contributed by atoms with Crippen molar-refractivity contribution in [2.45, 2.75) is 12.8 Å². The lowest BCUT2D eigenvalue weighted by molar-refractivity contribution is -0.130. The lowest BCUT2D eigenvalue weighted by atomic mass is 10.2. The maximum absolute atomic E-state index is 12.3. The van der Waals surface area contributed by atoms with E-state index in [4.69, 9.17) is 11.6 Å². The Morgan fingerprint density at radius 1 is 1.21 bits per heavy atom. The Balaban J connectivity index is 2.02. The van der Waals surface area contributed by atoms with Gasteiger partial charge < -0.3 is 9.80 Å². The molecular formula is C13H16ClN3O2. The number of piperazine rings is 1. The molecule has 0 bridgehead atoms. The van der Waals surface area contributed by atoms with E-state index in [1.807, 2.05) is 0 Å². The molecule has 2 rings (SSSR count). The van der Waals surface area contributed by atoms with Gasteiger partial charge in [-0.1, -0.05) is 6.07 Å². The highest BCUT2D eigenvalue weighted by Crippen LogP contribution is 2.09. The molecule has 2 heterocycles. The van der Waals surface area contributed by atoms with Gasteiger partial charge in [0, 0.05) is 33.1 Å². The van der Waals surface area contributed by atoms with E-state index in [0.717, 1.165) is 0 Å². The van der Waals surface area contributed by atoms with Crippen molar-refractivity contribution in [1.29, 1.82) is 0 Å². The van der Waals surface area contributed by atoms with Crippen LogP contribution in [0.15, 0.2) is 18.2 Å². The molecule has 0 saturated carbocycles. The molecule has 1 aliphatic rings. The van der Waals surface area contributed by atoms with Crippen molar-refractivity contribution in [1.82, 2.24) is 14.8 Å². The molecule has 1 saturated heterocycles. The molecular weight excluding hydrogens is 266 g/mol. The summed E-state index contributed by atoms with van der Waals surface area (Å²) in [4.78, 5) is 31.2. The summed E-state index contributed by atoms with van der Waals surface area (Å²) in [5.41, 5.74) is 1.10. The van der Waals surface area contributed by atoms with Crippen LogP contribution in [0, 0.1) is 0 Å². The first-order chi connectivity index (χ1) is 9.11. The molecule has 0 N–H and O–H groups in total. The van der Waals surface area contributed by atoms with Gasteiger partial charge in [-0.2, -0.15) is 0 Å². The van der Waals surface area contributed by atoms with Crippen LogP contribution in [-0.4, -0.2) is 52.8 Å². The molecule has 19 heavy (non-hydrogen) atoms. The number of aromatic nitrogens is 1. The number of carbonyl (C=O) groups is 2. The van der Waals surface area contributed by atoms with Crippen molar-refractivity contribution in [3.63, 3.8) is 0 Å². The Labute approximate surface area is 117 Å². The number of alkyl halides is 1. The molecule has 0 radical (unpaired) electrons. The van der Waals surface area contributed by atoms with Crippen molar-refractivity contribution >= 4 is 23.4 Å². The molecule has 102 valence electrons. The Morgan fingerprint density at radius 2 is 1.84 bits per heavy atom. The Bertz CT molecular complexity index is 485. The van der Waals surface area contributed by atoms with Crippen molar-refractivity contribution in [3.05, 3.63) is 29.6 Å². The van der Waals surface area contributed by atoms with Crippen LogP contribution < -0.4 is 0 Å². The van der Waals surface area contributed by atoms with Gasteiger partial charge in [-0.05, 0) is 12.1 Å². The molecule has 1 fully saturated rings. The topological polar surface area (TPSA) is 53.5 Å². The summed E-state index contributed by atoms with van der Waals surface area (Å²) in [6.45, 7) is 3.80. The van der Waals surface area contributed by atoms with E-state index in [1.165, 1.54) is 0 Å². The Morgan fingerprint density at radius 3 is 2.42 bits per heavy atom. The largest absolute Gasteiger partial charge is 0.339 e. The Hall–Kier alpha value is -1.62. The third kappa shape index (κ3) is 3.23. The van der Waals surface area contributed by atoms with Crippen LogP contribution >= 0.6 is 11.6 Å². The minimum Gasteiger partial charge on any atom is -0.339 e. The predicted octanol–water partition coefficient (Wildman–Crippen LogP) is 1.12. The fourth-order valence-electron chi connectivity index (χ4n) is 2.06. The number of amides is 2. The lowest BCUT2D eigenvalue weighted by Crippen LogP contribution is -2.50.